The van der Waals surface area contributed by atoms with Crippen LogP contribution < -0.4 is 0 Å². The van der Waals surface area contributed by atoms with Gasteiger partial charge >= 0.3 is 0 Å². The van der Waals surface area contributed by atoms with Gasteiger partial charge in [0.1, 0.15) is 5.82 Å². The van der Waals surface area contributed by atoms with Gasteiger partial charge in [-0.3, -0.25) is 0 Å². The van der Waals surface area contributed by atoms with Gasteiger partial charge in [0.25, 0.3) is 0 Å². The van der Waals surface area contributed by atoms with Gasteiger partial charge in [0.2, 0.25) is 0 Å². The molecular formula is C13H13N3. The Kier molecular flexibility index (Phi) is 1.68. The highest BCUT2D eigenvalue weighted by Gasteiger charge is 2.44. The molecule has 2 aromatic rings. The first-order chi connectivity index (χ1) is 7.66. The van der Waals surface area contributed by atoms with E-state index in [9.17, 15) is 5.26 Å². The van der Waals surface area contributed by atoms with Gasteiger partial charge in [0, 0.05) is 7.05 Å². The molecule has 0 atom stereocenters. The van der Waals surface area contributed by atoms with Crippen molar-refractivity contribution in [2.45, 2.75) is 25.2 Å². The third-order valence-corrected chi connectivity index (χ3v) is 3.62. The first-order valence-electron chi connectivity index (χ1n) is 5.51. The normalized spacial score (nSPS) is 17.3. The van der Waals surface area contributed by atoms with E-state index in [1.165, 1.54) is 0 Å². The predicted octanol–water partition coefficient (Wildman–Crippen LogP) is 2.44. The van der Waals surface area contributed by atoms with Crippen molar-refractivity contribution in [3.8, 4) is 6.07 Å². The molecule has 3 nitrogen and oxygen atoms in total. The lowest BCUT2D eigenvalue weighted by molar-refractivity contribution is 0.878. The Labute approximate surface area is 94.3 Å². The summed E-state index contributed by atoms with van der Waals surface area (Å²) in [5, 5.41) is 9.18. The lowest BCUT2D eigenvalue weighted by Crippen LogP contribution is -2.02. The summed E-state index contributed by atoms with van der Waals surface area (Å²) in [4.78, 5) is 4.46. The van der Waals surface area contributed by atoms with Crippen LogP contribution in [0.15, 0.2) is 18.2 Å². The van der Waals surface area contributed by atoms with E-state index in [0.717, 1.165) is 35.3 Å². The second-order valence-electron chi connectivity index (χ2n) is 4.62. The highest BCUT2D eigenvalue weighted by atomic mass is 15.0. The van der Waals surface area contributed by atoms with Crippen molar-refractivity contribution >= 4 is 11.0 Å². The third kappa shape index (κ3) is 1.10. The lowest BCUT2D eigenvalue weighted by Gasteiger charge is -2.06. The van der Waals surface area contributed by atoms with E-state index in [4.69, 9.17) is 0 Å². The first-order valence-corrected chi connectivity index (χ1v) is 5.51. The molecule has 1 saturated carbocycles. The van der Waals surface area contributed by atoms with Gasteiger partial charge in [-0.05, 0) is 37.5 Å². The molecule has 0 saturated heterocycles. The fourth-order valence-corrected chi connectivity index (χ4v) is 2.20. The third-order valence-electron chi connectivity index (χ3n) is 3.62. The van der Waals surface area contributed by atoms with E-state index in [1.807, 2.05) is 26.1 Å². The summed E-state index contributed by atoms with van der Waals surface area (Å²) in [7, 11) is 2.01. The molecular weight excluding hydrogens is 198 g/mol. The molecule has 1 aromatic heterocycles. The molecule has 3 rings (SSSR count). The van der Waals surface area contributed by atoms with Crippen molar-refractivity contribution in [3.05, 3.63) is 29.6 Å². The van der Waals surface area contributed by atoms with E-state index in [-0.39, 0.29) is 5.41 Å². The monoisotopic (exact) mass is 211 g/mol. The molecule has 0 radical (unpaired) electrons. The Morgan fingerprint density at radius 2 is 2.19 bits per heavy atom. The summed E-state index contributed by atoms with van der Waals surface area (Å²) in [6.07, 6.45) is 1.98. The maximum atomic E-state index is 9.18. The number of aromatic nitrogens is 2. The highest BCUT2D eigenvalue weighted by molar-refractivity contribution is 5.77. The van der Waals surface area contributed by atoms with Crippen LogP contribution in [-0.4, -0.2) is 9.55 Å². The van der Waals surface area contributed by atoms with Crippen molar-refractivity contribution < 1.29 is 0 Å². The molecule has 0 aliphatic heterocycles. The molecule has 16 heavy (non-hydrogen) atoms. The van der Waals surface area contributed by atoms with Gasteiger partial charge in [0.15, 0.2) is 0 Å². The van der Waals surface area contributed by atoms with Crippen LogP contribution in [0.3, 0.4) is 0 Å². The smallest absolute Gasteiger partial charge is 0.106 e. The van der Waals surface area contributed by atoms with Crippen LogP contribution >= 0.6 is 0 Å². The van der Waals surface area contributed by atoms with Crippen LogP contribution in [0.4, 0.5) is 0 Å². The number of nitriles is 1. The molecule has 3 heteroatoms. The number of imidazole rings is 1. The predicted molar refractivity (Wildman–Crippen MR) is 62.0 cm³/mol. The minimum absolute atomic E-state index is 0.202. The summed E-state index contributed by atoms with van der Waals surface area (Å²) >= 11 is 0. The summed E-state index contributed by atoms with van der Waals surface area (Å²) < 4.78 is 2.08. The van der Waals surface area contributed by atoms with Crippen LogP contribution in [-0.2, 0) is 12.5 Å². The largest absolute Gasteiger partial charge is 0.331 e. The molecule has 1 aliphatic rings. The van der Waals surface area contributed by atoms with Crippen LogP contribution in [0.1, 0.15) is 24.2 Å². The number of benzene rings is 1. The van der Waals surface area contributed by atoms with Gasteiger partial charge in [-0.15, -0.1) is 0 Å². The zero-order chi connectivity index (χ0) is 11.3. The average Bonchev–Trinajstić information content (AvgIpc) is 3.04. The topological polar surface area (TPSA) is 41.6 Å². The molecule has 0 N–H and O–H groups in total. The van der Waals surface area contributed by atoms with E-state index in [1.54, 1.807) is 0 Å². The molecule has 0 amide bonds. The van der Waals surface area contributed by atoms with Crippen LogP contribution in [0.5, 0.6) is 0 Å². The molecule has 80 valence electrons. The van der Waals surface area contributed by atoms with Gasteiger partial charge in [-0.2, -0.15) is 5.26 Å². The minimum atomic E-state index is -0.202. The van der Waals surface area contributed by atoms with Crippen molar-refractivity contribution in [1.82, 2.24) is 9.55 Å². The van der Waals surface area contributed by atoms with E-state index < -0.39 is 0 Å². The van der Waals surface area contributed by atoms with Crippen molar-refractivity contribution in [2.24, 2.45) is 7.05 Å². The van der Waals surface area contributed by atoms with Gasteiger partial charge < -0.3 is 4.57 Å². The maximum Gasteiger partial charge on any atom is 0.106 e. The molecule has 1 heterocycles. The zero-order valence-electron chi connectivity index (χ0n) is 9.49. The van der Waals surface area contributed by atoms with Gasteiger partial charge in [-0.1, -0.05) is 6.07 Å². The van der Waals surface area contributed by atoms with Crippen LogP contribution in [0.25, 0.3) is 11.0 Å². The summed E-state index contributed by atoms with van der Waals surface area (Å²) in [6.45, 7) is 2.00. The first kappa shape index (κ1) is 9.41. The van der Waals surface area contributed by atoms with E-state index >= 15 is 0 Å². The van der Waals surface area contributed by atoms with Crippen molar-refractivity contribution in [2.75, 3.05) is 0 Å². The SMILES string of the molecule is Cc1nc2ccc(C3(C#N)CC3)cc2n1C. The summed E-state index contributed by atoms with van der Waals surface area (Å²) in [5.74, 6) is 1.01. The standard InChI is InChI=1S/C13H13N3/c1-9-15-11-4-3-10(7-12(11)16(9)2)13(8-14)5-6-13/h3-4,7H,5-6H2,1-2H3. The molecule has 0 bridgehead atoms. The second kappa shape index (κ2) is 2.85. The molecule has 1 aromatic carbocycles. The highest BCUT2D eigenvalue weighted by Crippen LogP contribution is 2.47. The maximum absolute atomic E-state index is 9.18. The Balaban J connectivity index is 2.24. The molecule has 1 aliphatic carbocycles. The Bertz CT molecular complexity index is 612. The second-order valence-corrected chi connectivity index (χ2v) is 4.62. The number of fused-ring (bicyclic) bond motifs is 1. The number of rotatable bonds is 1. The molecule has 0 unspecified atom stereocenters. The summed E-state index contributed by atoms with van der Waals surface area (Å²) in [6, 6.07) is 8.62. The fourth-order valence-electron chi connectivity index (χ4n) is 2.20. The Morgan fingerprint density at radius 3 is 2.81 bits per heavy atom. The lowest BCUT2D eigenvalue weighted by atomic mass is 9.97. The molecule has 0 spiro atoms. The fraction of sp³-hybridized carbons (Fsp3) is 0.385. The van der Waals surface area contributed by atoms with E-state index in [0.29, 0.717) is 0 Å². The number of nitrogens with zero attached hydrogens (tertiary/aromatic N) is 3. The molecule has 1 fully saturated rings. The minimum Gasteiger partial charge on any atom is -0.331 e. The zero-order valence-corrected chi connectivity index (χ0v) is 9.49. The number of aryl methyl sites for hydroxylation is 2. The summed E-state index contributed by atoms with van der Waals surface area (Å²) in [5.41, 5.74) is 3.08. The van der Waals surface area contributed by atoms with Crippen molar-refractivity contribution in [1.29, 1.82) is 5.26 Å². The quantitative estimate of drug-likeness (QED) is 0.727. The Hall–Kier alpha value is -1.82. The van der Waals surface area contributed by atoms with Gasteiger partial charge in [-0.25, -0.2) is 4.98 Å². The average molecular weight is 211 g/mol. The number of hydrogen-bond acceptors (Lipinski definition) is 2. The van der Waals surface area contributed by atoms with E-state index in [2.05, 4.69) is 21.7 Å². The number of hydrogen-bond donors (Lipinski definition) is 0. The Morgan fingerprint density at radius 1 is 1.44 bits per heavy atom. The van der Waals surface area contributed by atoms with Crippen LogP contribution in [0.2, 0.25) is 0 Å². The van der Waals surface area contributed by atoms with Crippen LogP contribution in [0, 0.1) is 18.3 Å². The van der Waals surface area contributed by atoms with Gasteiger partial charge in [0.05, 0.1) is 22.5 Å². The van der Waals surface area contributed by atoms with Crippen molar-refractivity contribution in [3.63, 3.8) is 0 Å².